The molecule has 1 aromatic carbocycles. The summed E-state index contributed by atoms with van der Waals surface area (Å²) in [4.78, 5) is 0. The zero-order chi connectivity index (χ0) is 14.6. The molecule has 1 atom stereocenters. The Morgan fingerprint density at radius 3 is 2.50 bits per heavy atom. The van der Waals surface area contributed by atoms with Crippen LogP contribution in [0.2, 0.25) is 0 Å². The van der Waals surface area contributed by atoms with Gasteiger partial charge in [-0.15, -0.1) is 0 Å². The zero-order valence-electron chi connectivity index (χ0n) is 13.8. The fraction of sp³-hybridized carbons (Fsp3) is 0.684. The van der Waals surface area contributed by atoms with Gasteiger partial charge in [0.15, 0.2) is 0 Å². The van der Waals surface area contributed by atoms with Crippen LogP contribution in [0.25, 0.3) is 0 Å². The lowest BCUT2D eigenvalue weighted by atomic mass is 9.92. The van der Waals surface area contributed by atoms with E-state index in [-0.39, 0.29) is 0 Å². The van der Waals surface area contributed by atoms with E-state index >= 15 is 0 Å². The lowest BCUT2D eigenvalue weighted by Crippen LogP contribution is -2.20. The summed E-state index contributed by atoms with van der Waals surface area (Å²) in [7, 11) is 2.07. The van der Waals surface area contributed by atoms with Crippen LogP contribution in [0.3, 0.4) is 0 Å². The monoisotopic (exact) mass is 275 g/mol. The van der Waals surface area contributed by atoms with Crippen LogP contribution in [0.15, 0.2) is 24.3 Å². The summed E-state index contributed by atoms with van der Waals surface area (Å²) in [6, 6.07) is 8.98. The van der Waals surface area contributed by atoms with Crippen molar-refractivity contribution in [2.75, 3.05) is 13.6 Å². The molecule has 0 saturated heterocycles. The van der Waals surface area contributed by atoms with E-state index in [2.05, 4.69) is 50.5 Å². The molecule has 1 aromatic rings. The van der Waals surface area contributed by atoms with Crippen LogP contribution in [-0.2, 0) is 6.42 Å². The number of hydrogen-bond donors (Lipinski definition) is 1. The van der Waals surface area contributed by atoms with Gasteiger partial charge in [-0.1, -0.05) is 75.3 Å². The second-order valence-corrected chi connectivity index (χ2v) is 6.17. The van der Waals surface area contributed by atoms with Gasteiger partial charge in [0.1, 0.15) is 0 Å². The highest BCUT2D eigenvalue weighted by molar-refractivity contribution is 5.22. The van der Waals surface area contributed by atoms with E-state index in [9.17, 15) is 0 Å². The summed E-state index contributed by atoms with van der Waals surface area (Å²) >= 11 is 0. The lowest BCUT2D eigenvalue weighted by Gasteiger charge is -2.17. The molecule has 0 aliphatic rings. The van der Waals surface area contributed by atoms with Gasteiger partial charge in [-0.3, -0.25) is 0 Å². The molecule has 114 valence electrons. The Morgan fingerprint density at radius 2 is 1.80 bits per heavy atom. The van der Waals surface area contributed by atoms with Crippen LogP contribution in [0.1, 0.15) is 63.0 Å². The fourth-order valence-electron chi connectivity index (χ4n) is 2.95. The molecule has 1 heteroatoms. The van der Waals surface area contributed by atoms with Gasteiger partial charge in [0.2, 0.25) is 0 Å². The van der Waals surface area contributed by atoms with Crippen molar-refractivity contribution >= 4 is 0 Å². The van der Waals surface area contributed by atoms with Gasteiger partial charge >= 0.3 is 0 Å². The van der Waals surface area contributed by atoms with E-state index in [0.29, 0.717) is 0 Å². The molecule has 1 rings (SSSR count). The van der Waals surface area contributed by atoms with Gasteiger partial charge in [0.05, 0.1) is 0 Å². The molecule has 0 aliphatic heterocycles. The molecule has 0 saturated carbocycles. The van der Waals surface area contributed by atoms with Crippen LogP contribution >= 0.6 is 0 Å². The number of hydrogen-bond acceptors (Lipinski definition) is 1. The number of aryl methyl sites for hydroxylation is 1. The van der Waals surface area contributed by atoms with Gasteiger partial charge in [-0.05, 0) is 44.8 Å². The molecule has 0 bridgehead atoms. The second kappa shape index (κ2) is 10.9. The summed E-state index contributed by atoms with van der Waals surface area (Å²) in [5, 5.41) is 3.36. The Balaban J connectivity index is 2.29. The third kappa shape index (κ3) is 7.69. The van der Waals surface area contributed by atoms with E-state index in [0.717, 1.165) is 12.5 Å². The highest BCUT2D eigenvalue weighted by Gasteiger charge is 2.09. The van der Waals surface area contributed by atoms with Crippen molar-refractivity contribution in [3.63, 3.8) is 0 Å². The predicted molar refractivity (Wildman–Crippen MR) is 90.3 cm³/mol. The van der Waals surface area contributed by atoms with Crippen molar-refractivity contribution < 1.29 is 0 Å². The molecule has 0 aromatic heterocycles. The molecular formula is C19H33N. The van der Waals surface area contributed by atoms with Crippen molar-refractivity contribution in [3.05, 3.63) is 35.4 Å². The number of unbranched alkanes of at least 4 members (excludes halogenated alkanes) is 5. The van der Waals surface area contributed by atoms with Crippen molar-refractivity contribution in [1.29, 1.82) is 0 Å². The molecule has 1 unspecified atom stereocenters. The maximum atomic E-state index is 3.36. The molecule has 0 spiro atoms. The van der Waals surface area contributed by atoms with Crippen molar-refractivity contribution in [3.8, 4) is 0 Å². The molecule has 0 heterocycles. The molecule has 0 fully saturated rings. The SMILES string of the molecule is CCCCCCCCC(CNC)Cc1cccc(C)c1. The third-order valence-electron chi connectivity index (χ3n) is 4.07. The summed E-state index contributed by atoms with van der Waals surface area (Å²) in [6.45, 7) is 5.61. The van der Waals surface area contributed by atoms with E-state index in [1.165, 1.54) is 62.5 Å². The van der Waals surface area contributed by atoms with E-state index in [4.69, 9.17) is 0 Å². The first kappa shape index (κ1) is 17.2. The van der Waals surface area contributed by atoms with Gasteiger partial charge in [-0.25, -0.2) is 0 Å². The quantitative estimate of drug-likeness (QED) is 0.552. The Labute approximate surface area is 126 Å². The Morgan fingerprint density at radius 1 is 1.05 bits per heavy atom. The molecule has 1 nitrogen and oxygen atoms in total. The molecule has 0 amide bonds. The van der Waals surface area contributed by atoms with E-state index in [1.54, 1.807) is 0 Å². The van der Waals surface area contributed by atoms with Gasteiger partial charge in [0, 0.05) is 0 Å². The highest BCUT2D eigenvalue weighted by atomic mass is 14.8. The van der Waals surface area contributed by atoms with Crippen LogP contribution in [0.4, 0.5) is 0 Å². The predicted octanol–water partition coefficient (Wildman–Crippen LogP) is 5.12. The smallest absolute Gasteiger partial charge is 0.00203 e. The molecule has 0 radical (unpaired) electrons. The number of benzene rings is 1. The summed E-state index contributed by atoms with van der Waals surface area (Å²) in [5.41, 5.74) is 2.88. The molecule has 0 aliphatic carbocycles. The van der Waals surface area contributed by atoms with Crippen molar-refractivity contribution in [1.82, 2.24) is 5.32 Å². The van der Waals surface area contributed by atoms with Crippen LogP contribution < -0.4 is 5.32 Å². The third-order valence-corrected chi connectivity index (χ3v) is 4.07. The van der Waals surface area contributed by atoms with E-state index in [1.807, 2.05) is 0 Å². The molecule has 1 N–H and O–H groups in total. The first-order chi connectivity index (χ1) is 9.76. The number of rotatable bonds is 11. The summed E-state index contributed by atoms with van der Waals surface area (Å²) in [6.07, 6.45) is 11.0. The Kier molecular flexibility index (Phi) is 9.40. The zero-order valence-corrected chi connectivity index (χ0v) is 13.8. The fourth-order valence-corrected chi connectivity index (χ4v) is 2.95. The average molecular weight is 275 g/mol. The minimum atomic E-state index is 0.785. The van der Waals surface area contributed by atoms with Crippen molar-refractivity contribution in [2.45, 2.75) is 65.2 Å². The average Bonchev–Trinajstić information content (AvgIpc) is 2.43. The van der Waals surface area contributed by atoms with Gasteiger partial charge in [0.25, 0.3) is 0 Å². The first-order valence-electron chi connectivity index (χ1n) is 8.46. The highest BCUT2D eigenvalue weighted by Crippen LogP contribution is 2.17. The van der Waals surface area contributed by atoms with Gasteiger partial charge < -0.3 is 5.32 Å². The van der Waals surface area contributed by atoms with Crippen molar-refractivity contribution in [2.24, 2.45) is 5.92 Å². The number of nitrogens with one attached hydrogen (secondary N) is 1. The Bertz CT molecular complexity index is 345. The normalized spacial score (nSPS) is 12.6. The van der Waals surface area contributed by atoms with E-state index < -0.39 is 0 Å². The largest absolute Gasteiger partial charge is 0.319 e. The standard InChI is InChI=1S/C19H33N/c1-4-5-6-7-8-9-12-19(16-20-3)15-18-13-10-11-17(2)14-18/h10-11,13-14,19-20H,4-9,12,15-16H2,1-3H3. The van der Waals surface area contributed by atoms with Crippen LogP contribution in [0.5, 0.6) is 0 Å². The summed E-state index contributed by atoms with van der Waals surface area (Å²) in [5.74, 6) is 0.785. The van der Waals surface area contributed by atoms with Gasteiger partial charge in [-0.2, -0.15) is 0 Å². The second-order valence-electron chi connectivity index (χ2n) is 6.17. The topological polar surface area (TPSA) is 12.0 Å². The maximum absolute atomic E-state index is 3.36. The molecular weight excluding hydrogens is 242 g/mol. The first-order valence-corrected chi connectivity index (χ1v) is 8.46. The summed E-state index contributed by atoms with van der Waals surface area (Å²) < 4.78 is 0. The lowest BCUT2D eigenvalue weighted by molar-refractivity contribution is 0.432. The van der Waals surface area contributed by atoms with Crippen LogP contribution in [0, 0.1) is 12.8 Å². The van der Waals surface area contributed by atoms with Crippen LogP contribution in [-0.4, -0.2) is 13.6 Å². The Hall–Kier alpha value is -0.820. The maximum Gasteiger partial charge on any atom is -0.00203 e. The minimum absolute atomic E-state index is 0.785. The minimum Gasteiger partial charge on any atom is -0.319 e. The molecule has 20 heavy (non-hydrogen) atoms.